The van der Waals surface area contributed by atoms with E-state index in [4.69, 9.17) is 4.74 Å². The molecule has 2 heterocycles. The Morgan fingerprint density at radius 1 is 1.00 bits per heavy atom. The molecule has 1 amide bonds. The van der Waals surface area contributed by atoms with E-state index in [9.17, 15) is 9.18 Å². The summed E-state index contributed by atoms with van der Waals surface area (Å²) in [6.07, 6.45) is 1.52. The van der Waals surface area contributed by atoms with Gasteiger partial charge in [-0.2, -0.15) is 5.10 Å². The number of anilines is 1. The van der Waals surface area contributed by atoms with Crippen molar-refractivity contribution in [1.29, 1.82) is 0 Å². The van der Waals surface area contributed by atoms with Crippen molar-refractivity contribution >= 4 is 11.6 Å². The first-order valence-electron chi connectivity index (χ1n) is 9.57. The van der Waals surface area contributed by atoms with E-state index in [2.05, 4.69) is 10.00 Å². The second-order valence-corrected chi connectivity index (χ2v) is 6.96. The van der Waals surface area contributed by atoms with Gasteiger partial charge in [0.2, 0.25) is 0 Å². The van der Waals surface area contributed by atoms with Gasteiger partial charge < -0.3 is 14.5 Å². The number of amides is 1. The van der Waals surface area contributed by atoms with Gasteiger partial charge in [0.15, 0.2) is 0 Å². The first-order chi connectivity index (χ1) is 14.1. The molecule has 2 aromatic carbocycles. The Kier molecular flexibility index (Phi) is 5.20. The fourth-order valence-electron chi connectivity index (χ4n) is 3.70. The normalized spacial score (nSPS) is 14.2. The van der Waals surface area contributed by atoms with Crippen molar-refractivity contribution in [3.8, 4) is 11.4 Å². The van der Waals surface area contributed by atoms with Gasteiger partial charge >= 0.3 is 0 Å². The lowest BCUT2D eigenvalue weighted by atomic mass is 10.2. The van der Waals surface area contributed by atoms with E-state index in [-0.39, 0.29) is 11.7 Å². The summed E-state index contributed by atoms with van der Waals surface area (Å²) in [6, 6.07) is 14.3. The summed E-state index contributed by atoms with van der Waals surface area (Å²) in [4.78, 5) is 17.1. The summed E-state index contributed by atoms with van der Waals surface area (Å²) in [5, 5.41) is 4.25. The number of para-hydroxylation sites is 3. The second kappa shape index (κ2) is 7.95. The minimum absolute atomic E-state index is 0.0789. The molecule has 0 N–H and O–H groups in total. The summed E-state index contributed by atoms with van der Waals surface area (Å²) in [5.41, 5.74) is 2.50. The van der Waals surface area contributed by atoms with Crippen LogP contribution in [0.15, 0.2) is 54.7 Å². The average Bonchev–Trinajstić information content (AvgIpc) is 3.14. The van der Waals surface area contributed by atoms with Crippen molar-refractivity contribution in [2.45, 2.75) is 6.92 Å². The molecule has 3 aromatic rings. The zero-order chi connectivity index (χ0) is 20.4. The van der Waals surface area contributed by atoms with E-state index in [1.54, 1.807) is 32.2 Å². The quantitative estimate of drug-likeness (QED) is 0.681. The largest absolute Gasteiger partial charge is 0.495 e. The van der Waals surface area contributed by atoms with Crippen LogP contribution in [0.25, 0.3) is 5.69 Å². The van der Waals surface area contributed by atoms with Gasteiger partial charge in [0.1, 0.15) is 17.3 Å². The number of methoxy groups -OCH3 is 1. The number of hydrogen-bond donors (Lipinski definition) is 0. The van der Waals surface area contributed by atoms with E-state index < -0.39 is 0 Å². The Labute approximate surface area is 169 Å². The molecule has 1 aliphatic rings. The van der Waals surface area contributed by atoms with Gasteiger partial charge in [0.25, 0.3) is 5.91 Å². The molecule has 1 aliphatic heterocycles. The highest BCUT2D eigenvalue weighted by Gasteiger charge is 2.26. The molecule has 1 aromatic heterocycles. The van der Waals surface area contributed by atoms with Crippen molar-refractivity contribution in [2.75, 3.05) is 38.2 Å². The lowest BCUT2D eigenvalue weighted by Gasteiger charge is -2.36. The first-order valence-corrected chi connectivity index (χ1v) is 9.57. The van der Waals surface area contributed by atoms with Gasteiger partial charge in [-0.3, -0.25) is 4.79 Å². The molecule has 0 aliphatic carbocycles. The predicted octanol–water partition coefficient (Wildman–Crippen LogP) is 3.29. The van der Waals surface area contributed by atoms with Crippen molar-refractivity contribution < 1.29 is 13.9 Å². The fraction of sp³-hybridized carbons (Fsp3) is 0.273. The summed E-state index contributed by atoms with van der Waals surface area (Å²) < 4.78 is 21.0. The topological polar surface area (TPSA) is 50.6 Å². The lowest BCUT2D eigenvalue weighted by Crippen LogP contribution is -2.49. The zero-order valence-corrected chi connectivity index (χ0v) is 16.5. The third-order valence-electron chi connectivity index (χ3n) is 5.31. The molecule has 4 rings (SSSR count). The minimum atomic E-state index is -0.372. The van der Waals surface area contributed by atoms with Crippen molar-refractivity contribution in [2.24, 2.45) is 0 Å². The molecule has 0 radical (unpaired) electrons. The average molecular weight is 394 g/mol. The van der Waals surface area contributed by atoms with Gasteiger partial charge in [-0.05, 0) is 31.2 Å². The van der Waals surface area contributed by atoms with Gasteiger partial charge in [0.05, 0.1) is 30.3 Å². The number of nitrogens with zero attached hydrogens (tertiary/aromatic N) is 4. The van der Waals surface area contributed by atoms with Crippen LogP contribution in [-0.4, -0.2) is 53.9 Å². The van der Waals surface area contributed by atoms with Crippen LogP contribution in [0.2, 0.25) is 0 Å². The lowest BCUT2D eigenvalue weighted by molar-refractivity contribution is 0.0746. The molecule has 0 spiro atoms. The van der Waals surface area contributed by atoms with Crippen LogP contribution >= 0.6 is 0 Å². The molecular formula is C22H23FN4O2. The van der Waals surface area contributed by atoms with Crippen LogP contribution in [0.1, 0.15) is 16.1 Å². The Bertz CT molecular complexity index is 1030. The maximum absolute atomic E-state index is 14.1. The molecule has 150 valence electrons. The number of halogens is 1. The van der Waals surface area contributed by atoms with E-state index in [0.29, 0.717) is 43.1 Å². The second-order valence-electron chi connectivity index (χ2n) is 6.96. The van der Waals surface area contributed by atoms with Crippen molar-refractivity contribution in [3.63, 3.8) is 0 Å². The highest BCUT2D eigenvalue weighted by molar-refractivity contribution is 5.95. The molecule has 0 bridgehead atoms. The van der Waals surface area contributed by atoms with Gasteiger partial charge in [-0.25, -0.2) is 9.07 Å². The number of carbonyl (C=O) groups excluding carboxylic acids is 1. The Balaban J connectivity index is 1.49. The highest BCUT2D eigenvalue weighted by atomic mass is 19.1. The monoisotopic (exact) mass is 394 g/mol. The van der Waals surface area contributed by atoms with E-state index >= 15 is 0 Å². The van der Waals surface area contributed by atoms with Crippen LogP contribution in [0.5, 0.6) is 5.75 Å². The first kappa shape index (κ1) is 19.0. The molecular weight excluding hydrogens is 371 g/mol. The molecule has 1 fully saturated rings. The van der Waals surface area contributed by atoms with Crippen molar-refractivity contribution in [3.05, 3.63) is 71.8 Å². The summed E-state index contributed by atoms with van der Waals surface area (Å²) in [7, 11) is 1.66. The zero-order valence-electron chi connectivity index (χ0n) is 16.5. The maximum atomic E-state index is 14.1. The summed E-state index contributed by atoms with van der Waals surface area (Å²) >= 11 is 0. The minimum Gasteiger partial charge on any atom is -0.495 e. The van der Waals surface area contributed by atoms with Crippen LogP contribution in [0, 0.1) is 12.7 Å². The Morgan fingerprint density at radius 3 is 2.34 bits per heavy atom. The predicted molar refractivity (Wildman–Crippen MR) is 109 cm³/mol. The van der Waals surface area contributed by atoms with Crippen LogP contribution < -0.4 is 9.64 Å². The van der Waals surface area contributed by atoms with Crippen LogP contribution in [0.4, 0.5) is 10.1 Å². The highest BCUT2D eigenvalue weighted by Crippen LogP contribution is 2.28. The molecule has 1 saturated heterocycles. The molecule has 7 heteroatoms. The van der Waals surface area contributed by atoms with E-state index in [1.165, 1.54) is 16.9 Å². The van der Waals surface area contributed by atoms with Gasteiger partial charge in [-0.1, -0.05) is 24.3 Å². The fourth-order valence-corrected chi connectivity index (χ4v) is 3.70. The van der Waals surface area contributed by atoms with Crippen molar-refractivity contribution in [1.82, 2.24) is 14.7 Å². The maximum Gasteiger partial charge on any atom is 0.257 e. The number of benzene rings is 2. The number of piperazine rings is 1. The molecule has 29 heavy (non-hydrogen) atoms. The third-order valence-corrected chi connectivity index (χ3v) is 5.31. The SMILES string of the molecule is COc1ccccc1N1CCN(C(=O)c2cnn(-c3ccccc3F)c2C)CC1. The van der Waals surface area contributed by atoms with Crippen LogP contribution in [-0.2, 0) is 0 Å². The Hall–Kier alpha value is -3.35. The van der Waals surface area contributed by atoms with E-state index in [1.807, 2.05) is 29.2 Å². The van der Waals surface area contributed by atoms with Gasteiger partial charge in [0, 0.05) is 26.2 Å². The number of aromatic nitrogens is 2. The van der Waals surface area contributed by atoms with E-state index in [0.717, 1.165) is 11.4 Å². The molecule has 0 atom stereocenters. The third kappa shape index (κ3) is 3.55. The smallest absolute Gasteiger partial charge is 0.257 e. The molecule has 0 unspecified atom stereocenters. The number of rotatable bonds is 4. The standard InChI is InChI=1S/C22H23FN4O2/c1-16-17(15-24-27(16)19-8-4-3-7-18(19)23)22(28)26-13-11-25(12-14-26)20-9-5-6-10-21(20)29-2/h3-10,15H,11-14H2,1-2H3. The summed E-state index contributed by atoms with van der Waals surface area (Å²) in [6.45, 7) is 4.42. The number of ether oxygens (including phenoxy) is 1. The number of carbonyl (C=O) groups is 1. The Morgan fingerprint density at radius 2 is 1.66 bits per heavy atom. The molecule has 0 saturated carbocycles. The molecule has 6 nitrogen and oxygen atoms in total. The van der Waals surface area contributed by atoms with Crippen LogP contribution in [0.3, 0.4) is 0 Å². The number of hydrogen-bond acceptors (Lipinski definition) is 4. The van der Waals surface area contributed by atoms with Gasteiger partial charge in [-0.15, -0.1) is 0 Å². The summed E-state index contributed by atoms with van der Waals surface area (Å²) in [5.74, 6) is 0.377.